The second-order valence-corrected chi connectivity index (χ2v) is 14.1. The van der Waals surface area contributed by atoms with E-state index in [0.717, 1.165) is 57.3 Å². The lowest BCUT2D eigenvalue weighted by molar-refractivity contribution is -0.632. The van der Waals surface area contributed by atoms with Crippen molar-refractivity contribution in [3.63, 3.8) is 0 Å². The predicted octanol–water partition coefficient (Wildman–Crippen LogP) is 9.02. The first-order valence-corrected chi connectivity index (χ1v) is 15.1. The molecule has 4 heterocycles. The Kier molecular flexibility index (Phi) is 4.80. The third-order valence-electron chi connectivity index (χ3n) is 9.78. The molecule has 0 spiro atoms. The van der Waals surface area contributed by atoms with Crippen molar-refractivity contribution in [2.45, 2.75) is 99.7 Å². The number of imidazole rings is 1. The molecule has 0 aliphatic carbocycles. The summed E-state index contributed by atoms with van der Waals surface area (Å²) in [7, 11) is 2.03. The zero-order valence-corrected chi connectivity index (χ0v) is 26.4. The molecule has 3 aromatic heterocycles. The Bertz CT molecular complexity index is 2070. The Morgan fingerprint density at radius 2 is 1.56 bits per heavy atom. The number of nitrogens with zero attached hydrogens (tertiary/aromatic N) is 3. The Morgan fingerprint density at radius 1 is 0.902 bits per heavy atom. The fraction of sp³-hybridized carbons (Fsp3) is 0.474. The minimum atomic E-state index is -2.40. The van der Waals surface area contributed by atoms with Crippen LogP contribution in [0.25, 0.3) is 38.7 Å². The molecule has 0 fully saturated rings. The van der Waals surface area contributed by atoms with E-state index in [2.05, 4.69) is 61.8 Å². The zero-order valence-electron chi connectivity index (χ0n) is 32.4. The number of fused-ring (bicyclic) bond motifs is 3. The van der Waals surface area contributed by atoms with Gasteiger partial charge in [-0.05, 0) is 85.3 Å². The van der Waals surface area contributed by atoms with E-state index in [1.807, 2.05) is 47.0 Å². The highest BCUT2D eigenvalue weighted by Crippen LogP contribution is 2.53. The van der Waals surface area contributed by atoms with Crippen LogP contribution in [0.5, 0.6) is 0 Å². The molecule has 0 amide bonds. The van der Waals surface area contributed by atoms with Crippen LogP contribution < -0.4 is 4.57 Å². The quantitative estimate of drug-likeness (QED) is 0.157. The number of aromatic nitrogens is 3. The average Bonchev–Trinajstić information content (AvgIpc) is 3.24. The van der Waals surface area contributed by atoms with Gasteiger partial charge in [-0.15, -0.1) is 0 Å². The maximum absolute atomic E-state index is 9.20. The molecule has 214 valence electrons. The molecule has 1 aliphatic heterocycles. The van der Waals surface area contributed by atoms with Crippen LogP contribution in [0, 0.1) is 32.5 Å². The smallest absolute Gasteiger partial charge is 0.255 e. The first-order chi connectivity index (χ1) is 21.6. The monoisotopic (exact) mass is 552 g/mol. The summed E-state index contributed by atoms with van der Waals surface area (Å²) in [5, 5.41) is 1.43. The van der Waals surface area contributed by atoms with Crippen LogP contribution in [-0.4, -0.2) is 9.38 Å². The van der Waals surface area contributed by atoms with Crippen molar-refractivity contribution in [2.75, 3.05) is 0 Å². The minimum absolute atomic E-state index is 0.231. The van der Waals surface area contributed by atoms with Gasteiger partial charge >= 0.3 is 0 Å². The molecule has 3 nitrogen and oxygen atoms in total. The maximum atomic E-state index is 9.20. The molecular weight excluding hydrogens is 498 g/mol. The van der Waals surface area contributed by atoms with Crippen molar-refractivity contribution >= 4 is 27.5 Å². The SMILES string of the molecule is [2H]C([2H])([2H])c1ccc2c3c1c1ncc(C)c(C)c1c1n3c(c(-c3cc(CC(C)C)cc(CC(C)C)c3)[n+]1C)C(C)(C([2H])([2H])[2H])C2(C)C. The van der Waals surface area contributed by atoms with Crippen LogP contribution in [0.3, 0.4) is 0 Å². The summed E-state index contributed by atoms with van der Waals surface area (Å²) in [5.74, 6) is 0.906. The van der Waals surface area contributed by atoms with Crippen LogP contribution in [0.15, 0.2) is 36.5 Å². The second-order valence-electron chi connectivity index (χ2n) is 14.1. The third-order valence-corrected chi connectivity index (χ3v) is 9.78. The molecule has 3 heteroatoms. The lowest BCUT2D eigenvalue weighted by Crippen LogP contribution is -2.44. The van der Waals surface area contributed by atoms with E-state index in [1.165, 1.54) is 11.1 Å². The van der Waals surface area contributed by atoms with Crippen molar-refractivity contribution < 1.29 is 12.8 Å². The van der Waals surface area contributed by atoms with Gasteiger partial charge in [-0.2, -0.15) is 4.40 Å². The van der Waals surface area contributed by atoms with Crippen molar-refractivity contribution in [2.24, 2.45) is 18.9 Å². The molecule has 0 N–H and O–H groups in total. The first kappa shape index (κ1) is 21.5. The molecule has 1 aliphatic rings. The first-order valence-electron chi connectivity index (χ1n) is 18.1. The van der Waals surface area contributed by atoms with Gasteiger partial charge in [-0.25, -0.2) is 4.57 Å². The number of benzene rings is 2. The zero-order chi connectivity index (χ0) is 34.8. The van der Waals surface area contributed by atoms with E-state index < -0.39 is 24.5 Å². The van der Waals surface area contributed by atoms with E-state index in [-0.39, 0.29) is 5.56 Å². The van der Waals surface area contributed by atoms with Gasteiger partial charge < -0.3 is 0 Å². The number of hydrogen-bond acceptors (Lipinski definition) is 1. The summed E-state index contributed by atoms with van der Waals surface area (Å²) < 4.78 is 57.7. The van der Waals surface area contributed by atoms with Crippen LogP contribution in [0.1, 0.15) is 103 Å². The fourth-order valence-corrected chi connectivity index (χ4v) is 7.29. The molecule has 6 rings (SSSR count). The fourth-order valence-electron chi connectivity index (χ4n) is 7.29. The van der Waals surface area contributed by atoms with E-state index in [1.54, 1.807) is 6.07 Å². The number of pyridine rings is 2. The Morgan fingerprint density at radius 3 is 2.15 bits per heavy atom. The summed E-state index contributed by atoms with van der Waals surface area (Å²) in [5.41, 5.74) is 7.99. The van der Waals surface area contributed by atoms with Gasteiger partial charge in [-0.1, -0.05) is 73.5 Å². The summed E-state index contributed by atoms with van der Waals surface area (Å²) in [6, 6.07) is 10.3. The molecule has 0 bridgehead atoms. The van der Waals surface area contributed by atoms with Crippen LogP contribution in [0.4, 0.5) is 0 Å². The normalized spacial score (nSPS) is 21.0. The lowest BCUT2D eigenvalue weighted by Gasteiger charge is -2.43. The second kappa shape index (κ2) is 9.15. The van der Waals surface area contributed by atoms with E-state index >= 15 is 0 Å². The summed E-state index contributed by atoms with van der Waals surface area (Å²) in [4.78, 5) is 4.95. The van der Waals surface area contributed by atoms with E-state index in [0.29, 0.717) is 28.4 Å². The molecule has 1 unspecified atom stereocenters. The van der Waals surface area contributed by atoms with Crippen LogP contribution >= 0.6 is 0 Å². The Labute approximate surface area is 255 Å². The van der Waals surface area contributed by atoms with E-state index in [4.69, 9.17) is 9.10 Å². The third kappa shape index (κ3) is 3.84. The summed E-state index contributed by atoms with van der Waals surface area (Å²) in [6.07, 6.45) is 3.65. The van der Waals surface area contributed by atoms with Crippen molar-refractivity contribution in [3.8, 4) is 11.3 Å². The minimum Gasteiger partial charge on any atom is -0.255 e. The van der Waals surface area contributed by atoms with Crippen molar-refractivity contribution in [1.29, 1.82) is 0 Å². The van der Waals surface area contributed by atoms with Gasteiger partial charge in [0.2, 0.25) is 0 Å². The Balaban J connectivity index is 1.98. The van der Waals surface area contributed by atoms with Crippen molar-refractivity contribution in [3.05, 3.63) is 75.6 Å². The molecule has 1 atom stereocenters. The summed E-state index contributed by atoms with van der Waals surface area (Å²) in [6.45, 7) is 14.1. The largest absolute Gasteiger partial charge is 0.297 e. The highest BCUT2D eigenvalue weighted by Gasteiger charge is 2.53. The topological polar surface area (TPSA) is 21.2 Å². The van der Waals surface area contributed by atoms with Gasteiger partial charge in [0, 0.05) is 36.4 Å². The number of hydrogen-bond donors (Lipinski definition) is 0. The summed E-state index contributed by atoms with van der Waals surface area (Å²) >= 11 is 0. The van der Waals surface area contributed by atoms with Crippen LogP contribution in [-0.2, 0) is 30.7 Å². The molecule has 0 saturated carbocycles. The standard InChI is InChI=1S/C38H48N3/c1-21(2)15-26-17-27(16-22(3)4)19-28(18-26)33-35-38(10,11)37(8,9)29-14-13-23(5)30-32-31(25(7)24(6)20-39-32)36(40(33)12)41(35)34(29)30/h13-14,17-22H,15-16H2,1-12H3/q+1/i5D3,10D3. The number of aryl methyl sites for hydroxylation is 4. The lowest BCUT2D eigenvalue weighted by atomic mass is 9.60. The Hall–Kier alpha value is -3.20. The van der Waals surface area contributed by atoms with Gasteiger partial charge in [0.05, 0.1) is 23.3 Å². The molecule has 0 radical (unpaired) electrons. The molecule has 41 heavy (non-hydrogen) atoms. The molecule has 5 aromatic rings. The molecule has 0 saturated heterocycles. The van der Waals surface area contributed by atoms with Gasteiger partial charge in [-0.3, -0.25) is 4.98 Å². The highest BCUT2D eigenvalue weighted by molar-refractivity contribution is 6.13. The maximum Gasteiger partial charge on any atom is 0.297 e. The molecular formula is C38H48N3+. The molecule has 2 aromatic carbocycles. The van der Waals surface area contributed by atoms with Crippen LogP contribution in [0.2, 0.25) is 0 Å². The highest BCUT2D eigenvalue weighted by atomic mass is 15.1. The average molecular weight is 553 g/mol. The van der Waals surface area contributed by atoms with Gasteiger partial charge in [0.25, 0.3) is 5.65 Å². The van der Waals surface area contributed by atoms with Gasteiger partial charge in [0.1, 0.15) is 5.52 Å². The van der Waals surface area contributed by atoms with Gasteiger partial charge in [0.15, 0.2) is 11.4 Å². The van der Waals surface area contributed by atoms with Crippen molar-refractivity contribution in [1.82, 2.24) is 9.38 Å². The predicted molar refractivity (Wildman–Crippen MR) is 174 cm³/mol. The number of rotatable bonds is 5. The van der Waals surface area contributed by atoms with E-state index in [9.17, 15) is 4.11 Å².